The smallest absolute Gasteiger partial charge is 0.311 e. The lowest BCUT2D eigenvalue weighted by molar-refractivity contribution is -0.140. The third kappa shape index (κ3) is 3.42. The van der Waals surface area contributed by atoms with Gasteiger partial charge in [-0.2, -0.15) is 23.4 Å². The summed E-state index contributed by atoms with van der Waals surface area (Å²) in [7, 11) is 0. The molecular formula is C22H18F3N9O. The molecule has 10 nitrogen and oxygen atoms in total. The third-order valence-electron chi connectivity index (χ3n) is 6.21. The molecule has 4 heterocycles. The second-order valence-corrected chi connectivity index (χ2v) is 8.44. The van der Waals surface area contributed by atoms with Crippen LogP contribution < -0.4 is 5.32 Å². The number of pyridine rings is 1. The minimum Gasteiger partial charge on any atom is -0.311 e. The highest BCUT2D eigenvalue weighted by Crippen LogP contribution is 2.42. The molecule has 0 fully saturated rings. The van der Waals surface area contributed by atoms with Gasteiger partial charge in [0.05, 0.1) is 22.3 Å². The first-order chi connectivity index (χ1) is 16.8. The van der Waals surface area contributed by atoms with Gasteiger partial charge in [0.15, 0.2) is 11.4 Å². The van der Waals surface area contributed by atoms with Crippen LogP contribution >= 0.6 is 0 Å². The van der Waals surface area contributed by atoms with Gasteiger partial charge >= 0.3 is 6.18 Å². The van der Waals surface area contributed by atoms with Crippen LogP contribution in [0.2, 0.25) is 0 Å². The fourth-order valence-electron chi connectivity index (χ4n) is 4.77. The fraction of sp³-hybridized carbons (Fsp3) is 0.273. The molecule has 4 N–H and O–H groups in total. The molecule has 1 aliphatic carbocycles. The molecule has 0 spiro atoms. The number of amides is 1. The molecule has 1 amide bonds. The molecule has 0 saturated heterocycles. The minimum atomic E-state index is -4.62. The van der Waals surface area contributed by atoms with E-state index in [0.717, 1.165) is 24.0 Å². The van der Waals surface area contributed by atoms with Crippen LogP contribution in [0.5, 0.6) is 0 Å². The number of aryl methyl sites for hydroxylation is 2. The summed E-state index contributed by atoms with van der Waals surface area (Å²) in [6, 6.07) is 3.44. The van der Waals surface area contributed by atoms with Crippen molar-refractivity contribution in [2.24, 2.45) is 0 Å². The number of aromatic amines is 3. The molecule has 6 rings (SSSR count). The first-order valence-electron chi connectivity index (χ1n) is 11.0. The van der Waals surface area contributed by atoms with Crippen LogP contribution in [0.4, 0.5) is 19.1 Å². The van der Waals surface area contributed by atoms with Gasteiger partial charge in [0.2, 0.25) is 5.95 Å². The molecule has 0 atom stereocenters. The third-order valence-corrected chi connectivity index (χ3v) is 6.21. The van der Waals surface area contributed by atoms with E-state index in [1.54, 1.807) is 19.1 Å². The predicted molar refractivity (Wildman–Crippen MR) is 120 cm³/mol. The molecule has 0 aliphatic heterocycles. The van der Waals surface area contributed by atoms with E-state index in [2.05, 4.69) is 45.9 Å². The van der Waals surface area contributed by atoms with Crippen LogP contribution in [-0.2, 0) is 19.0 Å². The summed E-state index contributed by atoms with van der Waals surface area (Å²) in [4.78, 5) is 20.6. The number of hydrogen-bond donors (Lipinski definition) is 4. The standard InChI is InChI=1S/C22H18F3N9O/c1-9-27-21(34-30-9)29-20(35)18-16-14(31-32-18)7-6-13-15(16)10-4-2-3-5-11(10)17(28-13)12-8-26-33-19(12)22(23,24)25/h6-8H,2-5H2,1H3,(H,26,33)(H,31,32)(H2,27,29,30,34,35). The lowest BCUT2D eigenvalue weighted by Crippen LogP contribution is -2.15. The monoisotopic (exact) mass is 481 g/mol. The van der Waals surface area contributed by atoms with Crippen LogP contribution in [0, 0.1) is 6.92 Å². The normalized spacial score (nSPS) is 13.9. The molecule has 178 valence electrons. The van der Waals surface area contributed by atoms with E-state index in [-0.39, 0.29) is 22.9 Å². The number of nitrogens with zero attached hydrogens (tertiary/aromatic N) is 5. The Balaban J connectivity index is 1.58. The number of hydrogen-bond acceptors (Lipinski definition) is 6. The Hall–Kier alpha value is -4.29. The maximum atomic E-state index is 13.6. The molecule has 0 saturated carbocycles. The Kier molecular flexibility index (Phi) is 4.62. The zero-order valence-corrected chi connectivity index (χ0v) is 18.3. The van der Waals surface area contributed by atoms with E-state index in [1.807, 2.05) is 0 Å². The molecule has 0 radical (unpaired) electrons. The van der Waals surface area contributed by atoms with Crippen molar-refractivity contribution in [3.63, 3.8) is 0 Å². The van der Waals surface area contributed by atoms with Crippen LogP contribution in [0.15, 0.2) is 18.3 Å². The number of carbonyl (C=O) groups is 1. The largest absolute Gasteiger partial charge is 0.435 e. The maximum Gasteiger partial charge on any atom is 0.435 e. The molecule has 13 heteroatoms. The Labute approximate surface area is 194 Å². The van der Waals surface area contributed by atoms with Crippen LogP contribution in [0.25, 0.3) is 33.1 Å². The fourth-order valence-corrected chi connectivity index (χ4v) is 4.77. The van der Waals surface area contributed by atoms with Crippen molar-refractivity contribution >= 4 is 33.7 Å². The second kappa shape index (κ2) is 7.61. The highest BCUT2D eigenvalue weighted by Gasteiger charge is 2.38. The van der Waals surface area contributed by atoms with Gasteiger partial charge in [-0.25, -0.2) is 4.98 Å². The maximum absolute atomic E-state index is 13.6. The predicted octanol–water partition coefficient (Wildman–Crippen LogP) is 4.08. The summed E-state index contributed by atoms with van der Waals surface area (Å²) >= 11 is 0. The lowest BCUT2D eigenvalue weighted by atomic mass is 9.85. The summed E-state index contributed by atoms with van der Waals surface area (Å²) in [5, 5.41) is 24.5. The van der Waals surface area contributed by atoms with E-state index >= 15 is 0 Å². The average Bonchev–Trinajstić information content (AvgIpc) is 3.57. The van der Waals surface area contributed by atoms with Gasteiger partial charge in [-0.15, -0.1) is 10.2 Å². The van der Waals surface area contributed by atoms with Crippen molar-refractivity contribution in [2.45, 2.75) is 38.8 Å². The summed E-state index contributed by atoms with van der Waals surface area (Å²) in [5.74, 6) is 0.231. The van der Waals surface area contributed by atoms with Crippen molar-refractivity contribution < 1.29 is 18.0 Å². The van der Waals surface area contributed by atoms with Gasteiger partial charge in [0.25, 0.3) is 5.91 Å². The first kappa shape index (κ1) is 21.3. The van der Waals surface area contributed by atoms with Gasteiger partial charge < -0.3 is 4.98 Å². The van der Waals surface area contributed by atoms with Crippen molar-refractivity contribution in [3.8, 4) is 11.3 Å². The summed E-state index contributed by atoms with van der Waals surface area (Å²) in [5.41, 5.74) is 2.04. The van der Waals surface area contributed by atoms with Gasteiger partial charge in [-0.05, 0) is 55.9 Å². The van der Waals surface area contributed by atoms with Crippen molar-refractivity contribution in [1.29, 1.82) is 0 Å². The number of nitrogens with one attached hydrogen (secondary N) is 4. The Morgan fingerprint density at radius 2 is 1.86 bits per heavy atom. The number of benzene rings is 1. The minimum absolute atomic E-state index is 0.0801. The van der Waals surface area contributed by atoms with Gasteiger partial charge in [0, 0.05) is 17.0 Å². The van der Waals surface area contributed by atoms with E-state index in [9.17, 15) is 18.0 Å². The van der Waals surface area contributed by atoms with Gasteiger partial charge in [0.1, 0.15) is 5.82 Å². The number of rotatable bonds is 3. The molecule has 0 unspecified atom stereocenters. The van der Waals surface area contributed by atoms with E-state index in [1.165, 1.54) is 6.20 Å². The lowest BCUT2D eigenvalue weighted by Gasteiger charge is -2.22. The summed E-state index contributed by atoms with van der Waals surface area (Å²) in [6.45, 7) is 1.71. The van der Waals surface area contributed by atoms with Crippen LogP contribution in [-0.4, -0.2) is 46.5 Å². The molecule has 1 aromatic carbocycles. The SMILES string of the molecule is Cc1nnc(NC(=O)c2n[nH]c3ccc4nc(-c5c[nH]nc5C(F)(F)F)c5c(c4c23)CCCC5)[nH]1. The summed E-state index contributed by atoms with van der Waals surface area (Å²) < 4.78 is 40.9. The Morgan fingerprint density at radius 1 is 1.06 bits per heavy atom. The molecule has 35 heavy (non-hydrogen) atoms. The second-order valence-electron chi connectivity index (χ2n) is 8.44. The number of halogens is 3. The zero-order chi connectivity index (χ0) is 24.3. The van der Waals surface area contributed by atoms with Crippen LogP contribution in [0.1, 0.15) is 46.0 Å². The quantitative estimate of drug-likeness (QED) is 0.306. The topological polar surface area (TPSA) is 141 Å². The molecule has 0 bridgehead atoms. The number of anilines is 1. The zero-order valence-electron chi connectivity index (χ0n) is 18.3. The molecule has 4 aromatic heterocycles. The number of H-pyrrole nitrogens is 3. The number of alkyl halides is 3. The molecule has 1 aliphatic rings. The average molecular weight is 481 g/mol. The van der Waals surface area contributed by atoms with Crippen molar-refractivity contribution in [1.82, 2.24) is 40.6 Å². The van der Waals surface area contributed by atoms with Crippen molar-refractivity contribution in [2.75, 3.05) is 5.32 Å². The Bertz CT molecular complexity index is 1610. The van der Waals surface area contributed by atoms with E-state index in [0.29, 0.717) is 40.5 Å². The Morgan fingerprint density at radius 3 is 2.60 bits per heavy atom. The van der Waals surface area contributed by atoms with E-state index < -0.39 is 17.8 Å². The first-order valence-corrected chi connectivity index (χ1v) is 11.0. The highest BCUT2D eigenvalue weighted by molar-refractivity contribution is 6.19. The van der Waals surface area contributed by atoms with Gasteiger partial charge in [-0.1, -0.05) is 0 Å². The number of aromatic nitrogens is 8. The van der Waals surface area contributed by atoms with E-state index in [4.69, 9.17) is 0 Å². The summed E-state index contributed by atoms with van der Waals surface area (Å²) in [6.07, 6.45) is -0.467. The molecule has 5 aromatic rings. The number of fused-ring (bicyclic) bond motifs is 5. The van der Waals surface area contributed by atoms with Crippen LogP contribution in [0.3, 0.4) is 0 Å². The van der Waals surface area contributed by atoms with Crippen molar-refractivity contribution in [3.05, 3.63) is 46.7 Å². The molecular weight excluding hydrogens is 463 g/mol. The number of carbonyl (C=O) groups excluding carboxylic acids is 1. The van der Waals surface area contributed by atoms with Gasteiger partial charge in [-0.3, -0.25) is 20.3 Å². The highest BCUT2D eigenvalue weighted by atomic mass is 19.4.